The van der Waals surface area contributed by atoms with Crippen LogP contribution in [0.1, 0.15) is 25.3 Å². The highest BCUT2D eigenvalue weighted by atomic mass is 16.5. The van der Waals surface area contributed by atoms with Gasteiger partial charge in [0.25, 0.3) is 0 Å². The van der Waals surface area contributed by atoms with Crippen LogP contribution in [-0.2, 0) is 11.2 Å². The van der Waals surface area contributed by atoms with Crippen LogP contribution in [0.5, 0.6) is 5.75 Å². The van der Waals surface area contributed by atoms with Crippen LogP contribution in [0.15, 0.2) is 18.2 Å². The van der Waals surface area contributed by atoms with Crippen LogP contribution >= 0.6 is 0 Å². The molecule has 0 aromatic heterocycles. The largest absolute Gasteiger partial charge is 0.490 e. The second kappa shape index (κ2) is 7.21. The molecule has 0 spiro atoms. The molecule has 5 nitrogen and oxygen atoms in total. The van der Waals surface area contributed by atoms with Gasteiger partial charge in [0, 0.05) is 6.54 Å². The van der Waals surface area contributed by atoms with Gasteiger partial charge in [-0.15, -0.1) is 0 Å². The molecule has 0 atom stereocenters. The summed E-state index contributed by atoms with van der Waals surface area (Å²) in [5, 5.41) is 9.07. The topological polar surface area (TPSA) is 53.0 Å². The third-order valence-electron chi connectivity index (χ3n) is 4.90. The zero-order valence-electron chi connectivity index (χ0n) is 13.8. The molecule has 23 heavy (non-hydrogen) atoms. The van der Waals surface area contributed by atoms with Crippen LogP contribution in [0.25, 0.3) is 0 Å². The Morgan fingerprint density at radius 2 is 2.09 bits per heavy atom. The van der Waals surface area contributed by atoms with Gasteiger partial charge < -0.3 is 19.6 Å². The maximum Gasteiger partial charge on any atom is 0.323 e. The third-order valence-corrected chi connectivity index (χ3v) is 4.90. The van der Waals surface area contributed by atoms with E-state index in [1.165, 1.54) is 31.5 Å². The summed E-state index contributed by atoms with van der Waals surface area (Å²) in [6.07, 6.45) is 3.59. The van der Waals surface area contributed by atoms with Gasteiger partial charge >= 0.3 is 5.97 Å². The molecule has 2 aliphatic rings. The Bertz CT molecular complexity index is 553. The molecule has 0 saturated carbocycles. The Balaban J connectivity index is 1.63. The van der Waals surface area contributed by atoms with Crippen molar-refractivity contribution in [3.05, 3.63) is 23.8 Å². The van der Waals surface area contributed by atoms with Crippen LogP contribution in [-0.4, -0.2) is 55.3 Å². The van der Waals surface area contributed by atoms with Crippen molar-refractivity contribution in [2.24, 2.45) is 5.92 Å². The molecule has 126 valence electrons. The van der Waals surface area contributed by atoms with Crippen LogP contribution in [0.2, 0.25) is 0 Å². The number of anilines is 1. The molecular formula is C18H26N2O3. The Morgan fingerprint density at radius 1 is 1.30 bits per heavy atom. The van der Waals surface area contributed by atoms with E-state index in [2.05, 4.69) is 24.0 Å². The van der Waals surface area contributed by atoms with E-state index < -0.39 is 5.97 Å². The molecule has 2 aliphatic heterocycles. The van der Waals surface area contributed by atoms with Gasteiger partial charge in [0.15, 0.2) is 0 Å². The van der Waals surface area contributed by atoms with Gasteiger partial charge in [-0.25, -0.2) is 0 Å². The van der Waals surface area contributed by atoms with Crippen molar-refractivity contribution in [3.63, 3.8) is 0 Å². The van der Waals surface area contributed by atoms with Gasteiger partial charge in [0.05, 0.1) is 12.2 Å². The number of fused-ring (bicyclic) bond motifs is 1. The van der Waals surface area contributed by atoms with E-state index in [4.69, 9.17) is 9.84 Å². The number of rotatable bonds is 5. The number of nitrogens with zero attached hydrogens (tertiary/aromatic N) is 2. The summed E-state index contributed by atoms with van der Waals surface area (Å²) in [4.78, 5) is 15.5. The van der Waals surface area contributed by atoms with Crippen molar-refractivity contribution in [3.8, 4) is 5.75 Å². The molecule has 5 heteroatoms. The van der Waals surface area contributed by atoms with Crippen LogP contribution in [0, 0.1) is 5.92 Å². The van der Waals surface area contributed by atoms with Gasteiger partial charge in [-0.1, -0.05) is 13.0 Å². The fourth-order valence-electron chi connectivity index (χ4n) is 3.37. The summed E-state index contributed by atoms with van der Waals surface area (Å²) < 4.78 is 5.65. The van der Waals surface area contributed by atoms with Gasteiger partial charge in [-0.3, -0.25) is 4.79 Å². The van der Waals surface area contributed by atoms with Gasteiger partial charge in [-0.2, -0.15) is 0 Å². The van der Waals surface area contributed by atoms with Crippen molar-refractivity contribution in [2.45, 2.75) is 26.2 Å². The highest BCUT2D eigenvalue weighted by Crippen LogP contribution is 2.32. The normalized spacial score (nSPS) is 19.3. The first kappa shape index (κ1) is 16.1. The molecule has 0 radical (unpaired) electrons. The summed E-state index contributed by atoms with van der Waals surface area (Å²) >= 11 is 0. The number of aliphatic carboxylic acids is 1. The number of hydrogen-bond acceptors (Lipinski definition) is 4. The van der Waals surface area contributed by atoms with Crippen LogP contribution in [0.3, 0.4) is 0 Å². The molecule has 1 N–H and O–H groups in total. The first-order valence-corrected chi connectivity index (χ1v) is 8.56. The first-order valence-electron chi connectivity index (χ1n) is 8.56. The monoisotopic (exact) mass is 318 g/mol. The highest BCUT2D eigenvalue weighted by Gasteiger charge is 2.21. The molecule has 1 saturated heterocycles. The zero-order valence-corrected chi connectivity index (χ0v) is 13.8. The lowest BCUT2D eigenvalue weighted by Crippen LogP contribution is -2.37. The number of ether oxygens (including phenoxy) is 1. The summed E-state index contributed by atoms with van der Waals surface area (Å²) in [5.74, 6) is 0.857. The predicted octanol–water partition coefficient (Wildman–Crippen LogP) is 2.24. The molecule has 0 bridgehead atoms. The van der Waals surface area contributed by atoms with Crippen molar-refractivity contribution in [1.82, 2.24) is 4.90 Å². The summed E-state index contributed by atoms with van der Waals surface area (Å²) in [6, 6.07) is 6.19. The molecule has 0 unspecified atom stereocenters. The van der Waals surface area contributed by atoms with E-state index in [0.717, 1.165) is 30.3 Å². The lowest BCUT2D eigenvalue weighted by molar-refractivity contribution is -0.135. The number of likely N-dealkylation sites (tertiary alicyclic amines) is 1. The maximum absolute atomic E-state index is 11.0. The third kappa shape index (κ3) is 4.16. The standard InChI is InChI=1S/C18H26N2O3/c1-14-4-7-19(8-5-14)9-6-15-2-3-17-16(12-15)20(10-11-23-17)13-18(21)22/h2-3,12,14H,4-11,13H2,1H3,(H,21,22). The van der Waals surface area contributed by atoms with E-state index in [1.54, 1.807) is 0 Å². The second-order valence-corrected chi connectivity index (χ2v) is 6.74. The average molecular weight is 318 g/mol. The lowest BCUT2D eigenvalue weighted by atomic mass is 9.99. The fourth-order valence-corrected chi connectivity index (χ4v) is 3.37. The molecule has 0 amide bonds. The van der Waals surface area contributed by atoms with Gasteiger partial charge in [0.1, 0.15) is 18.9 Å². The van der Waals surface area contributed by atoms with Gasteiger partial charge in [0.2, 0.25) is 0 Å². The summed E-state index contributed by atoms with van der Waals surface area (Å²) in [6.45, 7) is 7.01. The van der Waals surface area contributed by atoms with E-state index in [9.17, 15) is 4.79 Å². The van der Waals surface area contributed by atoms with Crippen molar-refractivity contribution in [1.29, 1.82) is 0 Å². The summed E-state index contributed by atoms with van der Waals surface area (Å²) in [7, 11) is 0. The molecule has 0 aliphatic carbocycles. The van der Waals surface area contributed by atoms with Crippen LogP contribution in [0.4, 0.5) is 5.69 Å². The second-order valence-electron chi connectivity index (χ2n) is 6.74. The number of carbonyl (C=O) groups is 1. The van der Waals surface area contributed by atoms with Gasteiger partial charge in [-0.05, 0) is 56.0 Å². The minimum Gasteiger partial charge on any atom is -0.490 e. The Morgan fingerprint density at radius 3 is 2.83 bits per heavy atom. The van der Waals surface area contributed by atoms with E-state index in [-0.39, 0.29) is 6.54 Å². The Kier molecular flexibility index (Phi) is 5.06. The molecule has 1 fully saturated rings. The van der Waals surface area contributed by atoms with Crippen molar-refractivity contribution in [2.75, 3.05) is 44.2 Å². The Labute approximate surface area is 137 Å². The number of benzene rings is 1. The lowest BCUT2D eigenvalue weighted by Gasteiger charge is -2.31. The zero-order chi connectivity index (χ0) is 16.2. The first-order chi connectivity index (χ1) is 11.1. The molecular weight excluding hydrogens is 292 g/mol. The SMILES string of the molecule is CC1CCN(CCc2ccc3c(c2)N(CC(=O)O)CCO3)CC1. The maximum atomic E-state index is 11.0. The van der Waals surface area contributed by atoms with Crippen LogP contribution < -0.4 is 9.64 Å². The van der Waals surface area contributed by atoms with Crippen molar-refractivity contribution >= 4 is 11.7 Å². The Hall–Kier alpha value is -1.75. The minimum atomic E-state index is -0.800. The molecule has 1 aromatic rings. The number of carboxylic acids is 1. The quantitative estimate of drug-likeness (QED) is 0.902. The molecule has 2 heterocycles. The highest BCUT2D eigenvalue weighted by molar-refractivity contribution is 5.75. The van der Waals surface area contributed by atoms with Crippen molar-refractivity contribution < 1.29 is 14.6 Å². The molecule has 1 aromatic carbocycles. The minimum absolute atomic E-state index is 0.0316. The number of piperidine rings is 1. The van der Waals surface area contributed by atoms with E-state index >= 15 is 0 Å². The fraction of sp³-hybridized carbons (Fsp3) is 0.611. The molecule has 3 rings (SSSR count). The summed E-state index contributed by atoms with van der Waals surface area (Å²) in [5.41, 5.74) is 2.17. The number of carboxylic acid groups (broad SMARTS) is 1. The van der Waals surface area contributed by atoms with E-state index in [1.807, 2.05) is 11.0 Å². The number of hydrogen-bond donors (Lipinski definition) is 1. The smallest absolute Gasteiger partial charge is 0.323 e. The predicted molar refractivity (Wildman–Crippen MR) is 90.3 cm³/mol. The average Bonchev–Trinajstić information content (AvgIpc) is 2.54. The van der Waals surface area contributed by atoms with E-state index in [0.29, 0.717) is 13.2 Å².